The zero-order valence-corrected chi connectivity index (χ0v) is 16.4. The highest BCUT2D eigenvalue weighted by Gasteiger charge is 2.14. The van der Waals surface area contributed by atoms with Crippen LogP contribution in [0.15, 0.2) is 48.5 Å². The molecule has 5 nitrogen and oxygen atoms in total. The van der Waals surface area contributed by atoms with E-state index in [1.807, 2.05) is 30.3 Å². The molecule has 2 aromatic rings. The Balaban J connectivity index is 1.43. The first-order valence-corrected chi connectivity index (χ1v) is 10.1. The van der Waals surface area contributed by atoms with Gasteiger partial charge in [-0.1, -0.05) is 18.2 Å². The Labute approximate surface area is 166 Å². The normalized spacial score (nSPS) is 17.2. The van der Waals surface area contributed by atoms with Crippen LogP contribution in [0.1, 0.15) is 27.9 Å². The second-order valence-corrected chi connectivity index (χ2v) is 7.45. The summed E-state index contributed by atoms with van der Waals surface area (Å²) in [7, 11) is 0. The van der Waals surface area contributed by atoms with E-state index in [1.54, 1.807) is 0 Å². The largest absolute Gasteiger partial charge is 0.369 e. The maximum atomic E-state index is 12.6. The van der Waals surface area contributed by atoms with Crippen molar-refractivity contribution in [2.24, 2.45) is 0 Å². The van der Waals surface area contributed by atoms with Crippen LogP contribution in [0, 0.1) is 6.92 Å². The molecule has 1 saturated heterocycles. The molecule has 0 saturated carbocycles. The van der Waals surface area contributed by atoms with Gasteiger partial charge in [0.2, 0.25) is 0 Å². The summed E-state index contributed by atoms with van der Waals surface area (Å²) in [6.07, 6.45) is 3.26. The van der Waals surface area contributed by atoms with E-state index in [9.17, 15) is 4.79 Å². The lowest BCUT2D eigenvalue weighted by atomic mass is 9.99. The third-order valence-corrected chi connectivity index (χ3v) is 5.49. The summed E-state index contributed by atoms with van der Waals surface area (Å²) in [6, 6.07) is 14.1. The molecular weight excluding hydrogens is 348 g/mol. The Hall–Kier alpha value is -2.63. The molecule has 0 atom stereocenters. The highest BCUT2D eigenvalue weighted by molar-refractivity contribution is 6.04. The van der Waals surface area contributed by atoms with Gasteiger partial charge in [-0.3, -0.25) is 4.79 Å². The van der Waals surface area contributed by atoms with Gasteiger partial charge in [0.05, 0.1) is 0 Å². The van der Waals surface area contributed by atoms with Crippen molar-refractivity contribution in [3.63, 3.8) is 0 Å². The summed E-state index contributed by atoms with van der Waals surface area (Å²) in [5.74, 6) is -0.0693. The van der Waals surface area contributed by atoms with E-state index >= 15 is 0 Å². The molecule has 2 aliphatic rings. The molecule has 0 spiro atoms. The van der Waals surface area contributed by atoms with Crippen LogP contribution in [0.5, 0.6) is 0 Å². The molecule has 146 valence electrons. The second-order valence-electron chi connectivity index (χ2n) is 7.45. The average molecular weight is 377 g/mol. The standard InChI is InChI=1S/C23H28N4O/c1-17-16-21(6-7-22(17)27-14-12-25-13-15-27)26-23(28)20-4-2-18(3-5-20)19-8-10-24-11-9-19/h2-8,16,24-25H,9-15H2,1H3,(H,26,28). The summed E-state index contributed by atoms with van der Waals surface area (Å²) in [6.45, 7) is 8.10. The van der Waals surface area contributed by atoms with Crippen molar-refractivity contribution in [3.05, 3.63) is 65.2 Å². The molecule has 1 fully saturated rings. The number of rotatable bonds is 4. The maximum Gasteiger partial charge on any atom is 0.255 e. The van der Waals surface area contributed by atoms with Gasteiger partial charge in [-0.05, 0) is 66.9 Å². The van der Waals surface area contributed by atoms with Crippen molar-refractivity contribution >= 4 is 22.9 Å². The van der Waals surface area contributed by atoms with E-state index in [-0.39, 0.29) is 5.91 Å². The molecule has 0 bridgehead atoms. The van der Waals surface area contributed by atoms with Crippen molar-refractivity contribution in [1.82, 2.24) is 10.6 Å². The van der Waals surface area contributed by atoms with E-state index in [2.05, 4.69) is 46.0 Å². The molecule has 2 aliphatic heterocycles. The predicted octanol–water partition coefficient (Wildman–Crippen LogP) is 3.03. The quantitative estimate of drug-likeness (QED) is 0.768. The van der Waals surface area contributed by atoms with Crippen molar-refractivity contribution in [2.45, 2.75) is 13.3 Å². The number of benzene rings is 2. The fourth-order valence-electron chi connectivity index (χ4n) is 3.92. The molecule has 0 aromatic heterocycles. The number of nitrogens with one attached hydrogen (secondary N) is 3. The van der Waals surface area contributed by atoms with E-state index in [4.69, 9.17) is 0 Å². The van der Waals surface area contributed by atoms with E-state index in [0.717, 1.165) is 51.4 Å². The Bertz CT molecular complexity index is 867. The van der Waals surface area contributed by atoms with Crippen LogP contribution in [0.4, 0.5) is 11.4 Å². The van der Waals surface area contributed by atoms with Gasteiger partial charge in [0, 0.05) is 49.7 Å². The number of hydrogen-bond donors (Lipinski definition) is 3. The first kappa shape index (κ1) is 18.7. The van der Waals surface area contributed by atoms with Gasteiger partial charge < -0.3 is 20.9 Å². The number of aryl methyl sites for hydroxylation is 1. The Morgan fingerprint density at radius 1 is 1.00 bits per heavy atom. The molecule has 2 aromatic carbocycles. The second kappa shape index (κ2) is 8.59. The lowest BCUT2D eigenvalue weighted by molar-refractivity contribution is 0.102. The van der Waals surface area contributed by atoms with Crippen LogP contribution in [0.25, 0.3) is 5.57 Å². The van der Waals surface area contributed by atoms with Crippen LogP contribution in [-0.4, -0.2) is 45.2 Å². The van der Waals surface area contributed by atoms with Gasteiger partial charge in [0.25, 0.3) is 5.91 Å². The van der Waals surface area contributed by atoms with Crippen LogP contribution in [0.3, 0.4) is 0 Å². The summed E-state index contributed by atoms with van der Waals surface area (Å²) < 4.78 is 0. The number of piperazine rings is 1. The highest BCUT2D eigenvalue weighted by Crippen LogP contribution is 2.25. The van der Waals surface area contributed by atoms with Gasteiger partial charge in [-0.25, -0.2) is 0 Å². The third kappa shape index (κ3) is 4.26. The van der Waals surface area contributed by atoms with Crippen LogP contribution < -0.4 is 20.9 Å². The van der Waals surface area contributed by atoms with E-state index < -0.39 is 0 Å². The topological polar surface area (TPSA) is 56.4 Å². The maximum absolute atomic E-state index is 12.6. The molecule has 1 amide bonds. The molecule has 4 rings (SSSR count). The fraction of sp³-hybridized carbons (Fsp3) is 0.348. The SMILES string of the molecule is Cc1cc(NC(=O)c2ccc(C3=CCNCC3)cc2)ccc1N1CCNCC1. The number of anilines is 2. The lowest BCUT2D eigenvalue weighted by Crippen LogP contribution is -2.43. The van der Waals surface area contributed by atoms with Crippen molar-refractivity contribution in [2.75, 3.05) is 49.5 Å². The third-order valence-electron chi connectivity index (χ3n) is 5.49. The number of nitrogens with zero attached hydrogens (tertiary/aromatic N) is 1. The molecule has 0 radical (unpaired) electrons. The minimum absolute atomic E-state index is 0.0693. The van der Waals surface area contributed by atoms with Gasteiger partial charge in [0.15, 0.2) is 0 Å². The van der Waals surface area contributed by atoms with Crippen molar-refractivity contribution < 1.29 is 4.79 Å². The number of hydrogen-bond acceptors (Lipinski definition) is 4. The number of carbonyl (C=O) groups excluding carboxylic acids is 1. The zero-order valence-electron chi connectivity index (χ0n) is 16.4. The summed E-state index contributed by atoms with van der Waals surface area (Å²) in [4.78, 5) is 15.0. The number of amides is 1. The van der Waals surface area contributed by atoms with Crippen LogP contribution in [0.2, 0.25) is 0 Å². The van der Waals surface area contributed by atoms with Crippen LogP contribution in [-0.2, 0) is 0 Å². The smallest absolute Gasteiger partial charge is 0.255 e. The summed E-state index contributed by atoms with van der Waals surface area (Å²) >= 11 is 0. The molecule has 0 aliphatic carbocycles. The Morgan fingerprint density at radius 2 is 1.79 bits per heavy atom. The van der Waals surface area contributed by atoms with Gasteiger partial charge >= 0.3 is 0 Å². The summed E-state index contributed by atoms with van der Waals surface area (Å²) in [5.41, 5.74) is 6.51. The predicted molar refractivity (Wildman–Crippen MR) is 116 cm³/mol. The molecule has 28 heavy (non-hydrogen) atoms. The van der Waals surface area contributed by atoms with Gasteiger partial charge in [-0.2, -0.15) is 0 Å². The first-order valence-electron chi connectivity index (χ1n) is 10.1. The van der Waals surface area contributed by atoms with Crippen molar-refractivity contribution in [1.29, 1.82) is 0 Å². The van der Waals surface area contributed by atoms with Gasteiger partial charge in [0.1, 0.15) is 0 Å². The van der Waals surface area contributed by atoms with Crippen molar-refractivity contribution in [3.8, 4) is 0 Å². The van der Waals surface area contributed by atoms with E-state index in [1.165, 1.54) is 22.4 Å². The highest BCUT2D eigenvalue weighted by atomic mass is 16.1. The van der Waals surface area contributed by atoms with Gasteiger partial charge in [-0.15, -0.1) is 0 Å². The molecular formula is C23H28N4O. The average Bonchev–Trinajstić information content (AvgIpc) is 2.75. The monoisotopic (exact) mass is 376 g/mol. The molecule has 3 N–H and O–H groups in total. The zero-order chi connectivity index (χ0) is 19.3. The fourth-order valence-corrected chi connectivity index (χ4v) is 3.92. The Kier molecular flexibility index (Phi) is 5.74. The molecule has 5 heteroatoms. The Morgan fingerprint density at radius 3 is 2.46 bits per heavy atom. The number of carbonyl (C=O) groups is 1. The summed E-state index contributed by atoms with van der Waals surface area (Å²) in [5, 5.41) is 9.74. The first-order chi connectivity index (χ1) is 13.7. The molecule has 2 heterocycles. The van der Waals surface area contributed by atoms with E-state index in [0.29, 0.717) is 5.56 Å². The minimum atomic E-state index is -0.0693. The minimum Gasteiger partial charge on any atom is -0.369 e. The van der Waals surface area contributed by atoms with Crippen LogP contribution >= 0.6 is 0 Å². The molecule has 0 unspecified atom stereocenters. The lowest BCUT2D eigenvalue weighted by Gasteiger charge is -2.30.